The van der Waals surface area contributed by atoms with Crippen LogP contribution < -0.4 is 4.72 Å². The molecule has 0 bridgehead atoms. The first kappa shape index (κ1) is 15.4. The molecule has 23 heavy (non-hydrogen) atoms. The first-order valence-electron chi connectivity index (χ1n) is 6.43. The van der Waals surface area contributed by atoms with Crippen LogP contribution in [0.2, 0.25) is 0 Å². The Hall–Kier alpha value is -2.52. The predicted molar refractivity (Wildman–Crippen MR) is 86.0 cm³/mol. The number of esters is 1. The summed E-state index contributed by atoms with van der Waals surface area (Å²) in [7, 11) is -2.47. The average molecular weight is 349 g/mol. The molecule has 0 aliphatic rings. The molecule has 3 aromatic rings. The van der Waals surface area contributed by atoms with E-state index in [4.69, 9.17) is 0 Å². The number of benzene rings is 2. The number of nitrogens with zero attached hydrogens (tertiary/aromatic N) is 2. The second-order valence-corrected chi connectivity index (χ2v) is 6.80. The Morgan fingerprint density at radius 2 is 1.78 bits per heavy atom. The van der Waals surface area contributed by atoms with E-state index in [2.05, 4.69) is 18.2 Å². The van der Waals surface area contributed by atoms with E-state index in [1.54, 1.807) is 6.07 Å². The van der Waals surface area contributed by atoms with Crippen LogP contribution in [0.15, 0.2) is 47.4 Å². The van der Waals surface area contributed by atoms with E-state index in [1.807, 2.05) is 0 Å². The van der Waals surface area contributed by atoms with Gasteiger partial charge in [-0.25, -0.2) is 13.2 Å². The molecule has 7 nitrogen and oxygen atoms in total. The Bertz CT molecular complexity index is 965. The predicted octanol–water partition coefficient (Wildman–Crippen LogP) is 2.28. The fourth-order valence-electron chi connectivity index (χ4n) is 1.94. The molecule has 1 aromatic heterocycles. The van der Waals surface area contributed by atoms with Gasteiger partial charge < -0.3 is 4.74 Å². The summed E-state index contributed by atoms with van der Waals surface area (Å²) in [6.45, 7) is 0. The number of fused-ring (bicyclic) bond motifs is 1. The quantitative estimate of drug-likeness (QED) is 0.726. The first-order chi connectivity index (χ1) is 11.0. The molecule has 9 heteroatoms. The van der Waals surface area contributed by atoms with Gasteiger partial charge in [-0.1, -0.05) is 0 Å². The fourth-order valence-corrected chi connectivity index (χ4v) is 3.53. The molecule has 0 radical (unpaired) electrons. The van der Waals surface area contributed by atoms with Gasteiger partial charge in [0.25, 0.3) is 10.0 Å². The highest BCUT2D eigenvalue weighted by Crippen LogP contribution is 2.20. The molecule has 0 atom stereocenters. The molecule has 0 aliphatic carbocycles. The van der Waals surface area contributed by atoms with Gasteiger partial charge in [-0.3, -0.25) is 4.72 Å². The van der Waals surface area contributed by atoms with Crippen molar-refractivity contribution in [2.45, 2.75) is 4.90 Å². The maximum Gasteiger partial charge on any atom is 0.337 e. The molecule has 118 valence electrons. The van der Waals surface area contributed by atoms with Gasteiger partial charge in [-0.15, -0.1) is 0 Å². The van der Waals surface area contributed by atoms with Crippen molar-refractivity contribution >= 4 is 44.4 Å². The number of aromatic nitrogens is 2. The second kappa shape index (κ2) is 5.94. The van der Waals surface area contributed by atoms with Crippen molar-refractivity contribution in [3.63, 3.8) is 0 Å². The van der Waals surface area contributed by atoms with E-state index in [-0.39, 0.29) is 4.90 Å². The van der Waals surface area contributed by atoms with Crippen LogP contribution in [-0.4, -0.2) is 30.2 Å². The van der Waals surface area contributed by atoms with Crippen LogP contribution in [0.25, 0.3) is 11.0 Å². The third-order valence-electron chi connectivity index (χ3n) is 3.09. The largest absolute Gasteiger partial charge is 0.465 e. The molecule has 0 fully saturated rings. The molecular formula is C14H11N3O4S2. The first-order valence-corrected chi connectivity index (χ1v) is 8.64. The molecule has 0 saturated heterocycles. The summed E-state index contributed by atoms with van der Waals surface area (Å²) in [4.78, 5) is 11.5. The van der Waals surface area contributed by atoms with Gasteiger partial charge in [0, 0.05) is 5.69 Å². The molecule has 0 spiro atoms. The van der Waals surface area contributed by atoms with Crippen LogP contribution in [0.4, 0.5) is 5.69 Å². The molecule has 1 N–H and O–H groups in total. The number of methoxy groups -OCH3 is 1. The van der Waals surface area contributed by atoms with Crippen LogP contribution in [0.3, 0.4) is 0 Å². The van der Waals surface area contributed by atoms with Crippen LogP contribution >= 0.6 is 11.7 Å². The molecule has 2 aromatic carbocycles. The number of anilines is 1. The zero-order chi connectivity index (χ0) is 16.4. The number of ether oxygens (including phenoxy) is 1. The van der Waals surface area contributed by atoms with Gasteiger partial charge in [0.2, 0.25) is 0 Å². The Labute approximate surface area is 136 Å². The van der Waals surface area contributed by atoms with Crippen molar-refractivity contribution in [3.05, 3.63) is 48.0 Å². The highest BCUT2D eigenvalue weighted by Gasteiger charge is 2.16. The van der Waals surface area contributed by atoms with Gasteiger partial charge in [0.05, 0.1) is 29.3 Å². The highest BCUT2D eigenvalue weighted by atomic mass is 32.2. The Kier molecular flexibility index (Phi) is 3.97. The molecule has 3 rings (SSSR count). The maximum absolute atomic E-state index is 12.4. The minimum absolute atomic E-state index is 0.0924. The van der Waals surface area contributed by atoms with Crippen LogP contribution in [0.1, 0.15) is 10.4 Å². The minimum Gasteiger partial charge on any atom is -0.465 e. The summed E-state index contributed by atoms with van der Waals surface area (Å²) in [5.74, 6) is -0.485. The average Bonchev–Trinajstić information content (AvgIpc) is 3.02. The topological polar surface area (TPSA) is 98.2 Å². The van der Waals surface area contributed by atoms with Gasteiger partial charge in [-0.2, -0.15) is 8.75 Å². The van der Waals surface area contributed by atoms with E-state index in [9.17, 15) is 13.2 Å². The van der Waals surface area contributed by atoms with Crippen molar-refractivity contribution in [1.29, 1.82) is 0 Å². The van der Waals surface area contributed by atoms with E-state index in [0.29, 0.717) is 22.3 Å². The Morgan fingerprint density at radius 3 is 2.48 bits per heavy atom. The standard InChI is InChI=1S/C14H11N3O4S2/c1-21-14(18)9-2-4-10(5-3-9)17-23(19,20)11-6-7-12-13(8-11)16-22-15-12/h2-8,17H,1H3. The lowest BCUT2D eigenvalue weighted by atomic mass is 10.2. The summed E-state index contributed by atoms with van der Waals surface area (Å²) in [6, 6.07) is 10.5. The lowest BCUT2D eigenvalue weighted by molar-refractivity contribution is 0.0601. The Balaban J connectivity index is 1.86. The number of carbonyl (C=O) groups excluding carboxylic acids is 1. The van der Waals surface area contributed by atoms with Crippen LogP contribution in [0, 0.1) is 0 Å². The molecule has 0 saturated carbocycles. The molecule has 0 unspecified atom stereocenters. The van der Waals surface area contributed by atoms with Gasteiger partial charge in [0.15, 0.2) is 0 Å². The third kappa shape index (κ3) is 3.15. The summed E-state index contributed by atoms with van der Waals surface area (Å²) in [5.41, 5.74) is 1.86. The fraction of sp³-hybridized carbons (Fsp3) is 0.0714. The molecule has 0 amide bonds. The number of sulfonamides is 1. The van der Waals surface area contributed by atoms with Gasteiger partial charge in [-0.05, 0) is 42.5 Å². The minimum atomic E-state index is -3.75. The van der Waals surface area contributed by atoms with Crippen molar-refractivity contribution < 1.29 is 17.9 Å². The molecular weight excluding hydrogens is 338 g/mol. The smallest absolute Gasteiger partial charge is 0.337 e. The second-order valence-electron chi connectivity index (χ2n) is 4.59. The van der Waals surface area contributed by atoms with Crippen molar-refractivity contribution in [2.75, 3.05) is 11.8 Å². The Morgan fingerprint density at radius 1 is 1.09 bits per heavy atom. The van der Waals surface area contributed by atoms with Crippen LogP contribution in [-0.2, 0) is 14.8 Å². The number of nitrogens with one attached hydrogen (secondary N) is 1. The van der Waals surface area contributed by atoms with Crippen LogP contribution in [0.5, 0.6) is 0 Å². The third-order valence-corrected chi connectivity index (χ3v) is 5.03. The van der Waals surface area contributed by atoms with Gasteiger partial charge >= 0.3 is 5.97 Å². The van der Waals surface area contributed by atoms with E-state index in [0.717, 1.165) is 11.7 Å². The van der Waals surface area contributed by atoms with E-state index >= 15 is 0 Å². The van der Waals surface area contributed by atoms with E-state index in [1.165, 1.54) is 43.5 Å². The lowest BCUT2D eigenvalue weighted by Crippen LogP contribution is -2.13. The zero-order valence-corrected chi connectivity index (χ0v) is 13.5. The monoisotopic (exact) mass is 349 g/mol. The summed E-state index contributed by atoms with van der Waals surface area (Å²) in [5, 5.41) is 0. The maximum atomic E-state index is 12.4. The van der Waals surface area contributed by atoms with Gasteiger partial charge in [0.1, 0.15) is 11.0 Å². The number of hydrogen-bond acceptors (Lipinski definition) is 7. The summed E-state index contributed by atoms with van der Waals surface area (Å²) < 4.78 is 39.9. The summed E-state index contributed by atoms with van der Waals surface area (Å²) in [6.07, 6.45) is 0. The normalized spacial score (nSPS) is 11.3. The molecule has 0 aliphatic heterocycles. The van der Waals surface area contributed by atoms with E-state index < -0.39 is 16.0 Å². The SMILES string of the molecule is COC(=O)c1ccc(NS(=O)(=O)c2ccc3nsnc3c2)cc1. The highest BCUT2D eigenvalue weighted by molar-refractivity contribution is 7.92. The zero-order valence-electron chi connectivity index (χ0n) is 11.9. The van der Waals surface area contributed by atoms with Crippen molar-refractivity contribution in [2.24, 2.45) is 0 Å². The molecule has 1 heterocycles. The number of hydrogen-bond donors (Lipinski definition) is 1. The number of rotatable bonds is 4. The van der Waals surface area contributed by atoms with Crippen molar-refractivity contribution in [3.8, 4) is 0 Å². The van der Waals surface area contributed by atoms with Crippen molar-refractivity contribution in [1.82, 2.24) is 8.75 Å². The number of carbonyl (C=O) groups is 1. The summed E-state index contributed by atoms with van der Waals surface area (Å²) >= 11 is 1.02. The lowest BCUT2D eigenvalue weighted by Gasteiger charge is -2.08.